The van der Waals surface area contributed by atoms with Crippen molar-refractivity contribution in [1.82, 2.24) is 0 Å². The van der Waals surface area contributed by atoms with Crippen LogP contribution in [0, 0.1) is 0 Å². The molecule has 106 valence electrons. The molecule has 0 aromatic heterocycles. The number of nitrogen functional groups attached to an aromatic ring is 1. The Morgan fingerprint density at radius 3 is 2.10 bits per heavy atom. The number of rotatable bonds is 1. The standard InChI is InChI=1S/C15H11NO5/c1-21-7-4-9-13(11(18)5-7)15(20)12-8(14(9)19)2-6(16)3-10(12)17/h2-5,17-18H,16H2,1H3. The van der Waals surface area contributed by atoms with Gasteiger partial charge in [-0.1, -0.05) is 0 Å². The van der Waals surface area contributed by atoms with Crippen LogP contribution >= 0.6 is 0 Å². The predicted molar refractivity (Wildman–Crippen MR) is 74.0 cm³/mol. The second-order valence-electron chi connectivity index (χ2n) is 4.69. The lowest BCUT2D eigenvalue weighted by Gasteiger charge is -2.20. The summed E-state index contributed by atoms with van der Waals surface area (Å²) in [6, 6.07) is 5.13. The zero-order valence-electron chi connectivity index (χ0n) is 11.0. The molecule has 0 radical (unpaired) electrons. The number of benzene rings is 2. The van der Waals surface area contributed by atoms with Crippen LogP contribution in [0.25, 0.3) is 0 Å². The van der Waals surface area contributed by atoms with Gasteiger partial charge >= 0.3 is 0 Å². The van der Waals surface area contributed by atoms with Gasteiger partial charge in [0.1, 0.15) is 17.2 Å². The van der Waals surface area contributed by atoms with Crippen molar-refractivity contribution in [2.45, 2.75) is 0 Å². The summed E-state index contributed by atoms with van der Waals surface area (Å²) in [5.74, 6) is -1.63. The van der Waals surface area contributed by atoms with Crippen LogP contribution in [-0.2, 0) is 0 Å². The van der Waals surface area contributed by atoms with E-state index in [1.165, 1.54) is 31.4 Å². The Kier molecular flexibility index (Phi) is 2.62. The van der Waals surface area contributed by atoms with Crippen LogP contribution in [0.15, 0.2) is 24.3 Å². The van der Waals surface area contributed by atoms with Crippen molar-refractivity contribution in [3.05, 3.63) is 46.5 Å². The van der Waals surface area contributed by atoms with Crippen LogP contribution in [0.2, 0.25) is 0 Å². The molecule has 0 aliphatic heterocycles. The highest BCUT2D eigenvalue weighted by Crippen LogP contribution is 2.39. The molecule has 1 aliphatic carbocycles. The number of ether oxygens (including phenoxy) is 1. The highest BCUT2D eigenvalue weighted by Gasteiger charge is 2.35. The number of carbonyl (C=O) groups excluding carboxylic acids is 2. The van der Waals surface area contributed by atoms with Crippen LogP contribution in [0.3, 0.4) is 0 Å². The van der Waals surface area contributed by atoms with Crippen LogP contribution in [0.1, 0.15) is 31.8 Å². The Balaban J connectivity index is 2.35. The molecule has 0 fully saturated rings. The van der Waals surface area contributed by atoms with Crippen molar-refractivity contribution in [2.24, 2.45) is 0 Å². The first kappa shape index (κ1) is 13.0. The quantitative estimate of drug-likeness (QED) is 0.584. The fourth-order valence-corrected chi connectivity index (χ4v) is 2.47. The number of fused-ring (bicyclic) bond motifs is 2. The highest BCUT2D eigenvalue weighted by molar-refractivity contribution is 6.30. The van der Waals surface area contributed by atoms with Gasteiger partial charge in [-0.2, -0.15) is 0 Å². The molecule has 21 heavy (non-hydrogen) atoms. The highest BCUT2D eigenvalue weighted by atomic mass is 16.5. The van der Waals surface area contributed by atoms with E-state index in [0.717, 1.165) is 0 Å². The smallest absolute Gasteiger partial charge is 0.201 e. The van der Waals surface area contributed by atoms with Gasteiger partial charge in [-0.3, -0.25) is 9.59 Å². The zero-order chi connectivity index (χ0) is 15.3. The molecule has 0 saturated carbocycles. The average Bonchev–Trinajstić information content (AvgIpc) is 2.43. The number of ketones is 2. The Morgan fingerprint density at radius 2 is 1.48 bits per heavy atom. The topological polar surface area (TPSA) is 110 Å². The molecule has 1 aliphatic rings. The van der Waals surface area contributed by atoms with Gasteiger partial charge in [-0.15, -0.1) is 0 Å². The van der Waals surface area contributed by atoms with E-state index < -0.39 is 11.6 Å². The van der Waals surface area contributed by atoms with Gasteiger partial charge in [-0.05, 0) is 12.1 Å². The van der Waals surface area contributed by atoms with Crippen molar-refractivity contribution in [2.75, 3.05) is 12.8 Å². The van der Waals surface area contributed by atoms with Crippen molar-refractivity contribution < 1.29 is 24.5 Å². The third-order valence-corrected chi connectivity index (χ3v) is 3.41. The third-order valence-electron chi connectivity index (χ3n) is 3.41. The monoisotopic (exact) mass is 285 g/mol. The summed E-state index contributed by atoms with van der Waals surface area (Å²) in [5, 5.41) is 19.9. The molecule has 6 nitrogen and oxygen atoms in total. The molecule has 0 amide bonds. The molecule has 0 heterocycles. The van der Waals surface area contributed by atoms with Gasteiger partial charge in [-0.25, -0.2) is 0 Å². The molecule has 0 spiro atoms. The molecule has 0 bridgehead atoms. The first-order valence-corrected chi connectivity index (χ1v) is 6.07. The number of carbonyl (C=O) groups is 2. The fourth-order valence-electron chi connectivity index (χ4n) is 2.47. The maximum atomic E-state index is 12.5. The number of phenolic OH excluding ortho intramolecular Hbond substituents is 2. The minimum atomic E-state index is -0.628. The maximum absolute atomic E-state index is 12.5. The Labute approximate surface area is 119 Å². The molecule has 0 saturated heterocycles. The van der Waals surface area contributed by atoms with Crippen LogP contribution < -0.4 is 10.5 Å². The molecule has 2 aromatic carbocycles. The minimum Gasteiger partial charge on any atom is -0.507 e. The van der Waals surface area contributed by atoms with Crippen molar-refractivity contribution >= 4 is 17.3 Å². The van der Waals surface area contributed by atoms with E-state index >= 15 is 0 Å². The molecule has 0 atom stereocenters. The second-order valence-corrected chi connectivity index (χ2v) is 4.69. The first-order chi connectivity index (χ1) is 9.93. The number of hydrogen-bond donors (Lipinski definition) is 3. The predicted octanol–water partition coefficient (Wildman–Crippen LogP) is 1.46. The largest absolute Gasteiger partial charge is 0.507 e. The number of aromatic hydroxyl groups is 2. The van der Waals surface area contributed by atoms with Crippen LogP contribution in [0.4, 0.5) is 5.69 Å². The number of nitrogens with two attached hydrogens (primary N) is 1. The summed E-state index contributed by atoms with van der Waals surface area (Å²) in [7, 11) is 1.38. The summed E-state index contributed by atoms with van der Waals surface area (Å²) in [6.45, 7) is 0. The number of methoxy groups -OCH3 is 1. The number of hydrogen-bond acceptors (Lipinski definition) is 6. The lowest BCUT2D eigenvalue weighted by atomic mass is 9.82. The molecular formula is C15H11NO5. The van der Waals surface area contributed by atoms with Gasteiger partial charge in [0, 0.05) is 28.9 Å². The summed E-state index contributed by atoms with van der Waals surface area (Å²) < 4.78 is 4.98. The number of anilines is 1. The third kappa shape index (κ3) is 1.73. The van der Waals surface area contributed by atoms with E-state index in [1.807, 2.05) is 0 Å². The van der Waals surface area contributed by atoms with Crippen LogP contribution in [-0.4, -0.2) is 28.9 Å². The van der Waals surface area contributed by atoms with Gasteiger partial charge in [0.05, 0.1) is 18.2 Å². The van der Waals surface area contributed by atoms with Gasteiger partial charge in [0.2, 0.25) is 5.78 Å². The molecule has 2 aromatic rings. The van der Waals surface area contributed by atoms with Gasteiger partial charge < -0.3 is 20.7 Å². The van der Waals surface area contributed by atoms with E-state index in [0.29, 0.717) is 0 Å². The zero-order valence-corrected chi connectivity index (χ0v) is 11.0. The Hall–Kier alpha value is -3.02. The van der Waals surface area contributed by atoms with E-state index in [4.69, 9.17) is 10.5 Å². The molecule has 6 heteroatoms. The van der Waals surface area contributed by atoms with Gasteiger partial charge in [0.25, 0.3) is 0 Å². The van der Waals surface area contributed by atoms with E-state index in [1.54, 1.807) is 0 Å². The lowest BCUT2D eigenvalue weighted by Crippen LogP contribution is -2.21. The van der Waals surface area contributed by atoms with E-state index in [2.05, 4.69) is 0 Å². The molecule has 0 unspecified atom stereocenters. The van der Waals surface area contributed by atoms with Crippen molar-refractivity contribution in [3.8, 4) is 17.2 Å². The minimum absolute atomic E-state index is 0.0117. The lowest BCUT2D eigenvalue weighted by molar-refractivity contribution is 0.0974. The maximum Gasteiger partial charge on any atom is 0.201 e. The Bertz CT molecular complexity index is 810. The summed E-state index contributed by atoms with van der Waals surface area (Å²) in [6.07, 6.45) is 0. The van der Waals surface area contributed by atoms with E-state index in [-0.39, 0.29) is 45.2 Å². The summed E-state index contributed by atoms with van der Waals surface area (Å²) in [5.41, 5.74) is 5.51. The summed E-state index contributed by atoms with van der Waals surface area (Å²) in [4.78, 5) is 24.9. The first-order valence-electron chi connectivity index (χ1n) is 6.07. The molecular weight excluding hydrogens is 274 g/mol. The van der Waals surface area contributed by atoms with Gasteiger partial charge in [0.15, 0.2) is 5.78 Å². The summed E-state index contributed by atoms with van der Waals surface area (Å²) >= 11 is 0. The second kappa shape index (κ2) is 4.24. The Morgan fingerprint density at radius 1 is 0.905 bits per heavy atom. The SMILES string of the molecule is COc1cc(O)c2c(c1)C(=O)c1cc(N)cc(O)c1C2=O. The molecule has 4 N–H and O–H groups in total. The molecule has 3 rings (SSSR count). The average molecular weight is 285 g/mol. The van der Waals surface area contributed by atoms with Crippen molar-refractivity contribution in [3.63, 3.8) is 0 Å². The fraction of sp³-hybridized carbons (Fsp3) is 0.0667. The van der Waals surface area contributed by atoms with E-state index in [9.17, 15) is 19.8 Å². The van der Waals surface area contributed by atoms with Crippen LogP contribution in [0.5, 0.6) is 17.2 Å². The normalized spacial score (nSPS) is 12.8. The van der Waals surface area contributed by atoms with Crippen molar-refractivity contribution in [1.29, 1.82) is 0 Å². The number of phenols is 2.